The van der Waals surface area contributed by atoms with Crippen LogP contribution in [0.4, 0.5) is 0 Å². The standard InChI is InChI=1S/C30H35N3O2/c1-22-12-8-16-28(24(22)3)35-20-10-19-33-27-15-7-6-14-26(27)32-29(33)17-9-18-31-30(34)21-25-13-5-4-11-23(25)2/h4-8,11-16H,9-10,17-21H2,1-3H3,(H,31,34). The van der Waals surface area contributed by atoms with Crippen LogP contribution in [0, 0.1) is 20.8 Å². The maximum Gasteiger partial charge on any atom is 0.224 e. The summed E-state index contributed by atoms with van der Waals surface area (Å²) in [5.74, 6) is 2.09. The van der Waals surface area contributed by atoms with Crippen LogP contribution in [0.5, 0.6) is 5.75 Å². The maximum absolute atomic E-state index is 12.4. The van der Waals surface area contributed by atoms with Crippen LogP contribution in [0.2, 0.25) is 0 Å². The Bertz CT molecular complexity index is 1290. The molecule has 0 saturated heterocycles. The number of hydrogen-bond acceptors (Lipinski definition) is 3. The van der Waals surface area contributed by atoms with Gasteiger partial charge >= 0.3 is 0 Å². The second-order valence-electron chi connectivity index (χ2n) is 9.13. The van der Waals surface area contributed by atoms with Gasteiger partial charge in [0.05, 0.1) is 24.1 Å². The highest BCUT2D eigenvalue weighted by atomic mass is 16.5. The number of carbonyl (C=O) groups excluding carboxylic acids is 1. The molecule has 5 heteroatoms. The Hall–Kier alpha value is -3.60. The van der Waals surface area contributed by atoms with Crippen molar-refractivity contribution in [2.45, 2.75) is 53.0 Å². The highest BCUT2D eigenvalue weighted by Crippen LogP contribution is 2.21. The molecule has 1 aromatic heterocycles. The van der Waals surface area contributed by atoms with Gasteiger partial charge in [-0.3, -0.25) is 4.79 Å². The van der Waals surface area contributed by atoms with Crippen LogP contribution in [0.1, 0.15) is 40.9 Å². The van der Waals surface area contributed by atoms with Gasteiger partial charge in [-0.05, 0) is 74.1 Å². The van der Waals surface area contributed by atoms with Crippen molar-refractivity contribution < 1.29 is 9.53 Å². The third-order valence-corrected chi connectivity index (χ3v) is 6.58. The van der Waals surface area contributed by atoms with Gasteiger partial charge in [-0.1, -0.05) is 48.5 Å². The lowest BCUT2D eigenvalue weighted by Crippen LogP contribution is -2.26. The number of para-hydroxylation sites is 2. The van der Waals surface area contributed by atoms with E-state index in [9.17, 15) is 4.79 Å². The monoisotopic (exact) mass is 469 g/mol. The fourth-order valence-corrected chi connectivity index (χ4v) is 4.37. The summed E-state index contributed by atoms with van der Waals surface area (Å²) in [4.78, 5) is 17.3. The van der Waals surface area contributed by atoms with E-state index in [2.05, 4.69) is 48.0 Å². The van der Waals surface area contributed by atoms with Gasteiger partial charge in [-0.25, -0.2) is 4.98 Å². The average molecular weight is 470 g/mol. The first-order valence-corrected chi connectivity index (χ1v) is 12.5. The third-order valence-electron chi connectivity index (χ3n) is 6.58. The van der Waals surface area contributed by atoms with Gasteiger partial charge in [0.1, 0.15) is 11.6 Å². The normalized spacial score (nSPS) is 11.1. The van der Waals surface area contributed by atoms with Crippen LogP contribution < -0.4 is 10.1 Å². The number of nitrogens with zero attached hydrogens (tertiary/aromatic N) is 2. The molecule has 1 N–H and O–H groups in total. The lowest BCUT2D eigenvalue weighted by atomic mass is 10.1. The van der Waals surface area contributed by atoms with Gasteiger partial charge in [0.25, 0.3) is 0 Å². The number of carbonyl (C=O) groups is 1. The Balaban J connectivity index is 1.31. The van der Waals surface area contributed by atoms with E-state index < -0.39 is 0 Å². The minimum absolute atomic E-state index is 0.0661. The third kappa shape index (κ3) is 6.30. The Morgan fingerprint density at radius 3 is 2.54 bits per heavy atom. The molecule has 35 heavy (non-hydrogen) atoms. The first-order chi connectivity index (χ1) is 17.0. The number of hydrogen-bond donors (Lipinski definition) is 1. The fraction of sp³-hybridized carbons (Fsp3) is 0.333. The van der Waals surface area contributed by atoms with Crippen molar-refractivity contribution in [3.8, 4) is 5.75 Å². The van der Waals surface area contributed by atoms with Crippen molar-refractivity contribution in [3.63, 3.8) is 0 Å². The molecule has 0 spiro atoms. The van der Waals surface area contributed by atoms with Gasteiger partial charge in [0.15, 0.2) is 0 Å². The Kier molecular flexibility index (Phi) is 8.19. The Morgan fingerprint density at radius 1 is 0.914 bits per heavy atom. The number of imidazole rings is 1. The molecule has 0 radical (unpaired) electrons. The molecule has 1 amide bonds. The molecule has 0 aliphatic carbocycles. The van der Waals surface area contributed by atoms with Gasteiger partial charge in [-0.2, -0.15) is 0 Å². The van der Waals surface area contributed by atoms with E-state index in [0.29, 0.717) is 19.6 Å². The van der Waals surface area contributed by atoms with Crippen molar-refractivity contribution in [1.29, 1.82) is 0 Å². The summed E-state index contributed by atoms with van der Waals surface area (Å²) in [6.07, 6.45) is 2.98. The predicted octanol–water partition coefficient (Wildman–Crippen LogP) is 5.72. The van der Waals surface area contributed by atoms with E-state index in [-0.39, 0.29) is 5.91 Å². The lowest BCUT2D eigenvalue weighted by Gasteiger charge is -2.13. The molecular weight excluding hydrogens is 434 g/mol. The SMILES string of the molecule is Cc1ccccc1CC(=O)NCCCc1nc2ccccc2n1CCCOc1cccc(C)c1C. The van der Waals surface area contributed by atoms with Gasteiger partial charge in [0, 0.05) is 19.5 Å². The smallest absolute Gasteiger partial charge is 0.224 e. The molecule has 0 aliphatic heterocycles. The van der Waals surface area contributed by atoms with E-state index >= 15 is 0 Å². The van der Waals surface area contributed by atoms with E-state index in [4.69, 9.17) is 9.72 Å². The summed E-state index contributed by atoms with van der Waals surface area (Å²) in [5, 5.41) is 3.07. The molecule has 0 saturated carbocycles. The molecule has 0 bridgehead atoms. The predicted molar refractivity (Wildman–Crippen MR) is 142 cm³/mol. The lowest BCUT2D eigenvalue weighted by molar-refractivity contribution is -0.120. The number of rotatable bonds is 11. The molecule has 3 aromatic carbocycles. The molecule has 4 rings (SSSR count). The topological polar surface area (TPSA) is 56.2 Å². The molecule has 0 atom stereocenters. The zero-order chi connectivity index (χ0) is 24.6. The number of aromatic nitrogens is 2. The zero-order valence-corrected chi connectivity index (χ0v) is 21.0. The summed E-state index contributed by atoms with van der Waals surface area (Å²) in [6, 6.07) is 22.5. The highest BCUT2D eigenvalue weighted by Gasteiger charge is 2.11. The van der Waals surface area contributed by atoms with E-state index in [1.54, 1.807) is 0 Å². The zero-order valence-electron chi connectivity index (χ0n) is 21.0. The summed E-state index contributed by atoms with van der Waals surface area (Å²) >= 11 is 0. The highest BCUT2D eigenvalue weighted by molar-refractivity contribution is 5.79. The van der Waals surface area contributed by atoms with Crippen LogP contribution in [-0.2, 0) is 24.2 Å². The van der Waals surface area contributed by atoms with Crippen molar-refractivity contribution in [3.05, 3.63) is 94.8 Å². The second kappa shape index (κ2) is 11.7. The summed E-state index contributed by atoms with van der Waals surface area (Å²) < 4.78 is 8.37. The first kappa shape index (κ1) is 24.5. The van der Waals surface area contributed by atoms with Crippen molar-refractivity contribution in [1.82, 2.24) is 14.9 Å². The number of benzene rings is 3. The summed E-state index contributed by atoms with van der Waals surface area (Å²) in [5.41, 5.74) is 6.84. The van der Waals surface area contributed by atoms with Gasteiger partial charge in [0.2, 0.25) is 5.91 Å². The van der Waals surface area contributed by atoms with Gasteiger partial charge in [-0.15, -0.1) is 0 Å². The Labute approximate surface area is 208 Å². The second-order valence-corrected chi connectivity index (χ2v) is 9.13. The van der Waals surface area contributed by atoms with E-state index in [1.165, 1.54) is 11.1 Å². The number of amides is 1. The molecular formula is C30H35N3O2. The largest absolute Gasteiger partial charge is 0.493 e. The van der Waals surface area contributed by atoms with Crippen molar-refractivity contribution >= 4 is 16.9 Å². The minimum atomic E-state index is 0.0661. The molecule has 182 valence electrons. The number of ether oxygens (including phenoxy) is 1. The number of nitrogens with one attached hydrogen (secondary N) is 1. The molecule has 4 aromatic rings. The average Bonchev–Trinajstić information content (AvgIpc) is 3.21. The molecule has 0 aliphatic rings. The van der Waals surface area contributed by atoms with Crippen molar-refractivity contribution in [2.75, 3.05) is 13.2 Å². The van der Waals surface area contributed by atoms with Crippen LogP contribution in [0.25, 0.3) is 11.0 Å². The van der Waals surface area contributed by atoms with Gasteiger partial charge < -0.3 is 14.6 Å². The molecule has 0 unspecified atom stereocenters. The van der Waals surface area contributed by atoms with Crippen LogP contribution in [0.15, 0.2) is 66.7 Å². The molecule has 1 heterocycles. The minimum Gasteiger partial charge on any atom is -0.493 e. The quantitative estimate of drug-likeness (QED) is 0.286. The van der Waals surface area contributed by atoms with E-state index in [1.807, 2.05) is 49.4 Å². The first-order valence-electron chi connectivity index (χ1n) is 12.5. The van der Waals surface area contributed by atoms with E-state index in [0.717, 1.165) is 59.5 Å². The summed E-state index contributed by atoms with van der Waals surface area (Å²) in [6.45, 7) is 8.40. The van der Waals surface area contributed by atoms with Crippen LogP contribution in [-0.4, -0.2) is 28.6 Å². The molecule has 5 nitrogen and oxygen atoms in total. The maximum atomic E-state index is 12.4. The number of fused-ring (bicyclic) bond motifs is 1. The Morgan fingerprint density at radius 2 is 1.69 bits per heavy atom. The summed E-state index contributed by atoms with van der Waals surface area (Å²) in [7, 11) is 0. The fourth-order valence-electron chi connectivity index (χ4n) is 4.37. The molecule has 0 fully saturated rings. The van der Waals surface area contributed by atoms with Crippen LogP contribution >= 0.6 is 0 Å². The number of aryl methyl sites for hydroxylation is 4. The van der Waals surface area contributed by atoms with Crippen molar-refractivity contribution in [2.24, 2.45) is 0 Å². The van der Waals surface area contributed by atoms with Crippen LogP contribution in [0.3, 0.4) is 0 Å².